The summed E-state index contributed by atoms with van der Waals surface area (Å²) in [7, 11) is 0. The van der Waals surface area contributed by atoms with Crippen LogP contribution in [-0.4, -0.2) is 42.8 Å². The number of rotatable bonds is 5. The van der Waals surface area contributed by atoms with Crippen LogP contribution in [0, 0.1) is 5.92 Å². The molecule has 3 aliphatic heterocycles. The lowest BCUT2D eigenvalue weighted by atomic mass is 9.99. The lowest BCUT2D eigenvalue weighted by Crippen LogP contribution is -2.70. The highest BCUT2D eigenvalue weighted by atomic mass is 35.5. The number of hydrogen-bond acceptors (Lipinski definition) is 7. The van der Waals surface area contributed by atoms with Crippen molar-refractivity contribution in [2.75, 3.05) is 26.2 Å². The maximum Gasteiger partial charge on any atom is 0.356 e. The third kappa shape index (κ3) is 4.60. The number of amidine groups is 2. The molecule has 3 aliphatic rings. The Bertz CT molecular complexity index is 921. The summed E-state index contributed by atoms with van der Waals surface area (Å²) in [6.07, 6.45) is 2.65. The third-order valence-corrected chi connectivity index (χ3v) is 5.68. The zero-order valence-corrected chi connectivity index (χ0v) is 17.4. The Hall–Kier alpha value is -2.42. The predicted octanol–water partition coefficient (Wildman–Crippen LogP) is -0.199. The van der Waals surface area contributed by atoms with Crippen molar-refractivity contribution in [1.82, 2.24) is 15.7 Å². The molecule has 0 radical (unpaired) electrons. The fourth-order valence-electron chi connectivity index (χ4n) is 3.37. The predicted molar refractivity (Wildman–Crippen MR) is 114 cm³/mol. The van der Waals surface area contributed by atoms with E-state index < -0.39 is 0 Å². The molecule has 0 amide bonds. The number of nitrogens with zero attached hydrogens (tertiary/aromatic N) is 2. The minimum atomic E-state index is 0.425. The first-order chi connectivity index (χ1) is 14.0. The molecule has 29 heavy (non-hydrogen) atoms. The van der Waals surface area contributed by atoms with E-state index in [4.69, 9.17) is 39.5 Å². The van der Waals surface area contributed by atoms with Crippen molar-refractivity contribution in [3.8, 4) is 0 Å². The summed E-state index contributed by atoms with van der Waals surface area (Å²) in [5, 5.41) is 4.54. The maximum absolute atomic E-state index is 6.34. The van der Waals surface area contributed by atoms with Gasteiger partial charge in [-0.15, -0.1) is 0 Å². The van der Waals surface area contributed by atoms with Crippen LogP contribution in [0.1, 0.15) is 12.0 Å². The molecule has 0 aromatic heterocycles. The Morgan fingerprint density at radius 1 is 1.38 bits per heavy atom. The van der Waals surface area contributed by atoms with Crippen molar-refractivity contribution in [2.45, 2.75) is 13.0 Å². The van der Waals surface area contributed by atoms with Gasteiger partial charge in [-0.1, -0.05) is 28.7 Å². The summed E-state index contributed by atoms with van der Waals surface area (Å²) in [6, 6.07) is 5.41. The van der Waals surface area contributed by atoms with E-state index in [2.05, 4.69) is 25.7 Å². The van der Waals surface area contributed by atoms with Gasteiger partial charge >= 0.3 is 5.88 Å². The van der Waals surface area contributed by atoms with Crippen LogP contribution in [0.4, 0.5) is 0 Å². The molecule has 8 nitrogen and oxygen atoms in total. The van der Waals surface area contributed by atoms with Gasteiger partial charge in [0.15, 0.2) is 0 Å². The van der Waals surface area contributed by atoms with Crippen molar-refractivity contribution >= 4 is 34.9 Å². The highest BCUT2D eigenvalue weighted by Gasteiger charge is 2.29. The van der Waals surface area contributed by atoms with Crippen molar-refractivity contribution < 1.29 is 9.83 Å². The minimum absolute atomic E-state index is 0.425. The van der Waals surface area contributed by atoms with E-state index >= 15 is 0 Å². The number of allylic oxidation sites excluding steroid dienone is 1. The molecule has 7 N–H and O–H groups in total. The number of nitrogens with two attached hydrogens (primary N) is 2. The largest absolute Gasteiger partial charge is 0.392 e. The Labute approximate surface area is 179 Å². The van der Waals surface area contributed by atoms with Gasteiger partial charge in [0.2, 0.25) is 0 Å². The molecule has 0 bridgehead atoms. The number of aliphatic imine (C=N–C) groups is 1. The third-order valence-electron chi connectivity index (χ3n) is 5.08. The molecule has 0 atom stereocenters. The van der Waals surface area contributed by atoms with E-state index in [1.54, 1.807) is 18.2 Å². The zero-order chi connectivity index (χ0) is 20.4. The molecule has 0 aliphatic carbocycles. The van der Waals surface area contributed by atoms with E-state index in [0.29, 0.717) is 53.0 Å². The van der Waals surface area contributed by atoms with Crippen LogP contribution in [-0.2, 0) is 11.4 Å². The quantitative estimate of drug-likeness (QED) is 0.436. The van der Waals surface area contributed by atoms with Crippen molar-refractivity contribution in [3.05, 3.63) is 57.2 Å². The fraction of sp³-hybridized carbons (Fsp3) is 0.368. The van der Waals surface area contributed by atoms with Gasteiger partial charge in [-0.3, -0.25) is 9.83 Å². The van der Waals surface area contributed by atoms with Crippen LogP contribution >= 0.6 is 23.2 Å². The second-order valence-corrected chi connectivity index (χ2v) is 8.12. The summed E-state index contributed by atoms with van der Waals surface area (Å²) in [6.45, 7) is 3.86. The molecule has 3 heterocycles. The number of nitrogens with one attached hydrogen (secondary N) is 3. The van der Waals surface area contributed by atoms with Gasteiger partial charge in [0.05, 0.1) is 18.7 Å². The first-order valence-electron chi connectivity index (χ1n) is 9.46. The van der Waals surface area contributed by atoms with Gasteiger partial charge in [-0.2, -0.15) is 0 Å². The summed E-state index contributed by atoms with van der Waals surface area (Å²) < 4.78 is 0. The molecule has 4 rings (SSSR count). The van der Waals surface area contributed by atoms with Crippen LogP contribution in [0.2, 0.25) is 10.0 Å². The number of hydrogen-bond donors (Lipinski definition) is 5. The second-order valence-electron chi connectivity index (χ2n) is 7.27. The van der Waals surface area contributed by atoms with Crippen LogP contribution in [0.15, 0.2) is 46.5 Å². The first-order valence-corrected chi connectivity index (χ1v) is 10.2. The van der Waals surface area contributed by atoms with E-state index in [-0.39, 0.29) is 0 Å². The Balaban J connectivity index is 1.56. The van der Waals surface area contributed by atoms with Crippen molar-refractivity contribution in [2.24, 2.45) is 22.4 Å². The van der Waals surface area contributed by atoms with E-state index in [0.717, 1.165) is 36.6 Å². The maximum atomic E-state index is 6.34. The minimum Gasteiger partial charge on any atom is -0.392 e. The highest BCUT2D eigenvalue weighted by molar-refractivity contribution is 6.33. The summed E-state index contributed by atoms with van der Waals surface area (Å²) >= 11 is 12.5. The zero-order valence-electron chi connectivity index (χ0n) is 15.8. The standard InChI is InChI=1S/C19H23Cl2N7O/c20-13-1-2-14(21)12(6-13)10-28-4-3-25-18(23)16(28)7-15(22)19-26-17(27-29-19)5-11-8-24-9-11/h1-2,6-7,11,24H,3-5,8-10,22H2,(H2,23,25)(H,26,27)/p+1. The second kappa shape index (κ2) is 8.52. The van der Waals surface area contributed by atoms with E-state index in [1.807, 2.05) is 6.07 Å². The van der Waals surface area contributed by atoms with Crippen LogP contribution in [0.5, 0.6) is 0 Å². The molecular formula is C19H24Cl2N7O+. The Morgan fingerprint density at radius 3 is 2.97 bits per heavy atom. The monoisotopic (exact) mass is 436 g/mol. The summed E-state index contributed by atoms with van der Waals surface area (Å²) in [5.41, 5.74) is 17.4. The Kier molecular flexibility index (Phi) is 5.84. The first kappa shape index (κ1) is 19.9. The molecule has 0 saturated carbocycles. The van der Waals surface area contributed by atoms with Gasteiger partial charge in [-0.25, -0.2) is 4.99 Å². The van der Waals surface area contributed by atoms with Crippen molar-refractivity contribution in [3.63, 3.8) is 0 Å². The van der Waals surface area contributed by atoms with E-state index in [9.17, 15) is 0 Å². The molecule has 10 heteroatoms. The molecule has 1 fully saturated rings. The van der Waals surface area contributed by atoms with Gasteiger partial charge in [0.25, 0.3) is 5.84 Å². The average molecular weight is 437 g/mol. The molecule has 1 aromatic rings. The normalized spacial score (nSPS) is 22.6. The summed E-state index contributed by atoms with van der Waals surface area (Å²) in [4.78, 5) is 15.2. The molecule has 0 spiro atoms. The molecular weight excluding hydrogens is 413 g/mol. The van der Waals surface area contributed by atoms with Gasteiger partial charge in [0.1, 0.15) is 11.5 Å². The fourth-order valence-corrected chi connectivity index (χ4v) is 3.74. The van der Waals surface area contributed by atoms with Crippen LogP contribution in [0.25, 0.3) is 0 Å². The number of hydroxylamine groups is 1. The topological polar surface area (TPSA) is 115 Å². The highest BCUT2D eigenvalue weighted by Crippen LogP contribution is 2.24. The Morgan fingerprint density at radius 2 is 2.21 bits per heavy atom. The van der Waals surface area contributed by atoms with Crippen molar-refractivity contribution in [1.29, 1.82) is 0 Å². The average Bonchev–Trinajstić information content (AvgIpc) is 3.13. The van der Waals surface area contributed by atoms with Gasteiger partial charge in [0, 0.05) is 23.1 Å². The molecule has 1 saturated heterocycles. The summed E-state index contributed by atoms with van der Waals surface area (Å²) in [5.74, 6) is 2.39. The molecule has 0 unspecified atom stereocenters. The van der Waals surface area contributed by atoms with E-state index in [1.165, 1.54) is 0 Å². The molecule has 1 aromatic carbocycles. The lowest BCUT2D eigenvalue weighted by Gasteiger charge is -2.30. The van der Waals surface area contributed by atoms with Crippen LogP contribution < -0.4 is 27.3 Å². The van der Waals surface area contributed by atoms with Gasteiger partial charge < -0.3 is 21.7 Å². The SMILES string of the molecule is NC1=NCCN(Cc2cc(Cl)ccc2Cl)C1=CC(N)=C1[NH+]=C(CC2CNC2)NO1. The van der Waals surface area contributed by atoms with Crippen LogP contribution in [0.3, 0.4) is 0 Å². The lowest BCUT2D eigenvalue weighted by molar-refractivity contribution is -0.423. The van der Waals surface area contributed by atoms with Gasteiger partial charge in [-0.05, 0) is 48.8 Å². The molecule has 154 valence electrons. The number of halogens is 2. The smallest absolute Gasteiger partial charge is 0.356 e. The number of benzene rings is 1.